The molecule has 100 valence electrons. The molecule has 0 fully saturated rings. The molecule has 1 aromatic carbocycles. The molecular formula is C12H13N3O3S. The lowest BCUT2D eigenvalue weighted by molar-refractivity contribution is 0.0696. The number of carboxylic acid groups (broad SMARTS) is 1. The molecule has 0 spiro atoms. The lowest BCUT2D eigenvalue weighted by Gasteiger charge is -2.05. The summed E-state index contributed by atoms with van der Waals surface area (Å²) in [5.74, 6) is -1.32. The summed E-state index contributed by atoms with van der Waals surface area (Å²) in [6.07, 6.45) is 0.904. The summed E-state index contributed by atoms with van der Waals surface area (Å²) in [6.45, 7) is 2.02. The number of hydrogen-bond donors (Lipinski definition) is 3. The summed E-state index contributed by atoms with van der Waals surface area (Å²) in [7, 11) is 0. The van der Waals surface area contributed by atoms with Gasteiger partial charge in [-0.05, 0) is 30.7 Å². The maximum atomic E-state index is 11.9. The number of amides is 1. The second kappa shape index (κ2) is 5.75. The zero-order valence-corrected chi connectivity index (χ0v) is 11.0. The lowest BCUT2D eigenvalue weighted by atomic mass is 10.1. The zero-order valence-electron chi connectivity index (χ0n) is 10.2. The predicted octanol–water partition coefficient (Wildman–Crippen LogP) is 1.46. The van der Waals surface area contributed by atoms with Crippen LogP contribution in [0.5, 0.6) is 0 Å². The summed E-state index contributed by atoms with van der Waals surface area (Å²) in [6, 6.07) is 5.75. The van der Waals surface area contributed by atoms with Gasteiger partial charge in [0.25, 0.3) is 5.91 Å². The highest BCUT2D eigenvalue weighted by Gasteiger charge is 2.19. The van der Waals surface area contributed by atoms with Gasteiger partial charge in [0, 0.05) is 5.56 Å². The quantitative estimate of drug-likeness (QED) is 0.779. The van der Waals surface area contributed by atoms with E-state index in [9.17, 15) is 9.59 Å². The summed E-state index contributed by atoms with van der Waals surface area (Å²) in [5, 5.41) is 16.2. The molecule has 1 aliphatic rings. The Morgan fingerprint density at radius 2 is 2.00 bits per heavy atom. The number of hydrazone groups is 1. The van der Waals surface area contributed by atoms with Gasteiger partial charge in [-0.25, -0.2) is 4.79 Å². The van der Waals surface area contributed by atoms with Gasteiger partial charge < -0.3 is 5.11 Å². The molecule has 0 saturated heterocycles. The average Bonchev–Trinajstić information content (AvgIpc) is 2.86. The second-order valence-electron chi connectivity index (χ2n) is 3.90. The zero-order chi connectivity index (χ0) is 13.8. The molecule has 1 amide bonds. The Morgan fingerprint density at radius 1 is 1.37 bits per heavy atom. The smallest absolute Gasteiger partial charge is 0.335 e. The molecule has 0 aliphatic carbocycles. The number of aromatic carboxylic acids is 1. The number of amidine groups is 1. The Balaban J connectivity index is 1.99. The van der Waals surface area contributed by atoms with Crippen LogP contribution in [0, 0.1) is 0 Å². The number of rotatable bonds is 3. The Morgan fingerprint density at radius 3 is 2.53 bits per heavy atom. The molecule has 1 atom stereocenters. The minimum absolute atomic E-state index is 0.150. The van der Waals surface area contributed by atoms with Crippen LogP contribution in [-0.4, -0.2) is 27.5 Å². The van der Waals surface area contributed by atoms with Gasteiger partial charge in [-0.15, -0.1) is 0 Å². The third kappa shape index (κ3) is 3.25. The van der Waals surface area contributed by atoms with E-state index in [2.05, 4.69) is 15.8 Å². The molecule has 6 nitrogen and oxygen atoms in total. The number of hydrogen-bond acceptors (Lipinski definition) is 5. The SMILES string of the molecule is CCC1NN=C(NC(=O)c2ccc(C(=O)O)cc2)S1. The molecule has 1 unspecified atom stereocenters. The number of carbonyl (C=O) groups excluding carboxylic acids is 1. The fourth-order valence-corrected chi connectivity index (χ4v) is 2.28. The molecule has 2 rings (SSSR count). The van der Waals surface area contributed by atoms with E-state index in [0.717, 1.165) is 6.42 Å². The number of thioether (sulfide) groups is 1. The van der Waals surface area contributed by atoms with Crippen LogP contribution in [0.2, 0.25) is 0 Å². The van der Waals surface area contributed by atoms with Crippen LogP contribution in [0.4, 0.5) is 0 Å². The van der Waals surface area contributed by atoms with Crippen molar-refractivity contribution >= 4 is 28.8 Å². The van der Waals surface area contributed by atoms with Crippen molar-refractivity contribution in [1.82, 2.24) is 10.7 Å². The molecule has 0 radical (unpaired) electrons. The van der Waals surface area contributed by atoms with Crippen LogP contribution < -0.4 is 10.7 Å². The van der Waals surface area contributed by atoms with E-state index in [0.29, 0.717) is 10.7 Å². The van der Waals surface area contributed by atoms with E-state index in [1.54, 1.807) is 0 Å². The van der Waals surface area contributed by atoms with Crippen LogP contribution in [0.1, 0.15) is 34.1 Å². The van der Waals surface area contributed by atoms with Crippen LogP contribution in [-0.2, 0) is 0 Å². The van der Waals surface area contributed by atoms with Gasteiger partial charge in [0.1, 0.15) is 0 Å². The standard InChI is InChI=1S/C12H13N3O3S/c1-2-9-14-15-12(19-9)13-10(16)7-3-5-8(6-4-7)11(17)18/h3-6,9,14H,2H2,1H3,(H,17,18)(H,13,15,16). The predicted molar refractivity (Wildman–Crippen MR) is 73.1 cm³/mol. The van der Waals surface area contributed by atoms with E-state index < -0.39 is 5.97 Å². The summed E-state index contributed by atoms with van der Waals surface area (Å²) in [5.41, 5.74) is 3.44. The first kappa shape index (κ1) is 13.4. The van der Waals surface area contributed by atoms with Crippen molar-refractivity contribution < 1.29 is 14.7 Å². The minimum Gasteiger partial charge on any atom is -0.478 e. The number of carboxylic acids is 1. The largest absolute Gasteiger partial charge is 0.478 e. The number of benzene rings is 1. The van der Waals surface area contributed by atoms with Gasteiger partial charge in [0.15, 0.2) is 5.17 Å². The molecule has 3 N–H and O–H groups in total. The molecule has 19 heavy (non-hydrogen) atoms. The van der Waals surface area contributed by atoms with Gasteiger partial charge in [-0.3, -0.25) is 15.5 Å². The molecule has 1 aromatic rings. The van der Waals surface area contributed by atoms with E-state index in [-0.39, 0.29) is 16.8 Å². The average molecular weight is 279 g/mol. The fraction of sp³-hybridized carbons (Fsp3) is 0.250. The number of carbonyl (C=O) groups is 2. The monoisotopic (exact) mass is 279 g/mol. The van der Waals surface area contributed by atoms with Gasteiger partial charge in [-0.1, -0.05) is 18.7 Å². The van der Waals surface area contributed by atoms with E-state index >= 15 is 0 Å². The van der Waals surface area contributed by atoms with Crippen LogP contribution in [0.15, 0.2) is 29.4 Å². The lowest BCUT2D eigenvalue weighted by Crippen LogP contribution is -2.27. The number of nitrogens with zero attached hydrogens (tertiary/aromatic N) is 1. The first-order valence-corrected chi connectivity index (χ1v) is 6.62. The van der Waals surface area contributed by atoms with Gasteiger partial charge in [0.05, 0.1) is 10.9 Å². The highest BCUT2D eigenvalue weighted by Crippen LogP contribution is 2.18. The molecular weight excluding hydrogens is 266 g/mol. The van der Waals surface area contributed by atoms with Gasteiger partial charge in [-0.2, -0.15) is 5.10 Å². The normalized spacial score (nSPS) is 17.5. The molecule has 1 aliphatic heterocycles. The first-order chi connectivity index (χ1) is 9.10. The van der Waals surface area contributed by atoms with Crippen LogP contribution in [0.3, 0.4) is 0 Å². The minimum atomic E-state index is -1.02. The van der Waals surface area contributed by atoms with Crippen molar-refractivity contribution in [3.05, 3.63) is 35.4 Å². The Kier molecular flexibility index (Phi) is 4.06. The van der Waals surface area contributed by atoms with E-state index in [1.807, 2.05) is 6.92 Å². The van der Waals surface area contributed by atoms with Crippen molar-refractivity contribution in [3.63, 3.8) is 0 Å². The van der Waals surface area contributed by atoms with Crippen molar-refractivity contribution in [1.29, 1.82) is 0 Å². The third-order valence-corrected chi connectivity index (χ3v) is 3.69. The molecule has 0 bridgehead atoms. The molecule has 0 aromatic heterocycles. The van der Waals surface area contributed by atoms with Crippen molar-refractivity contribution in [2.45, 2.75) is 18.7 Å². The molecule has 1 heterocycles. The first-order valence-electron chi connectivity index (χ1n) is 5.74. The second-order valence-corrected chi connectivity index (χ2v) is 5.09. The Bertz CT molecular complexity index is 528. The van der Waals surface area contributed by atoms with Crippen LogP contribution in [0.25, 0.3) is 0 Å². The third-order valence-electron chi connectivity index (χ3n) is 2.55. The molecule has 7 heteroatoms. The van der Waals surface area contributed by atoms with Gasteiger partial charge in [0.2, 0.25) is 0 Å². The summed E-state index contributed by atoms with van der Waals surface area (Å²) in [4.78, 5) is 22.6. The maximum Gasteiger partial charge on any atom is 0.335 e. The van der Waals surface area contributed by atoms with Crippen molar-refractivity contribution in [2.24, 2.45) is 5.10 Å². The fourth-order valence-electron chi connectivity index (χ4n) is 1.48. The maximum absolute atomic E-state index is 11.9. The highest BCUT2D eigenvalue weighted by atomic mass is 32.2. The van der Waals surface area contributed by atoms with E-state index in [4.69, 9.17) is 5.11 Å². The Labute approximate surface area is 114 Å². The summed E-state index contributed by atoms with van der Waals surface area (Å²) < 4.78 is 0. The van der Waals surface area contributed by atoms with Crippen LogP contribution >= 0.6 is 11.8 Å². The molecule has 0 saturated carbocycles. The van der Waals surface area contributed by atoms with Gasteiger partial charge >= 0.3 is 5.97 Å². The number of nitrogens with one attached hydrogen (secondary N) is 2. The topological polar surface area (TPSA) is 90.8 Å². The van der Waals surface area contributed by atoms with Crippen molar-refractivity contribution in [3.8, 4) is 0 Å². The highest BCUT2D eigenvalue weighted by molar-refractivity contribution is 8.14. The summed E-state index contributed by atoms with van der Waals surface area (Å²) >= 11 is 1.45. The van der Waals surface area contributed by atoms with E-state index in [1.165, 1.54) is 36.0 Å². The van der Waals surface area contributed by atoms with Crippen molar-refractivity contribution in [2.75, 3.05) is 0 Å². The Hall–Kier alpha value is -2.02.